The number of hydrogen-bond donors (Lipinski definition) is 0. The van der Waals surface area contributed by atoms with Gasteiger partial charge in [-0.25, -0.2) is 0 Å². The highest BCUT2D eigenvalue weighted by Crippen LogP contribution is 2.25. The molecule has 5 heteroatoms. The van der Waals surface area contributed by atoms with E-state index in [9.17, 15) is 0 Å². The third-order valence-corrected chi connectivity index (χ3v) is 5.14. The van der Waals surface area contributed by atoms with Gasteiger partial charge in [-0.1, -0.05) is 24.8 Å². The first-order valence-corrected chi connectivity index (χ1v) is 8.29. The molecule has 3 rings (SSSR count). The van der Waals surface area contributed by atoms with Gasteiger partial charge in [0.15, 0.2) is 0 Å². The van der Waals surface area contributed by atoms with E-state index in [1.54, 1.807) is 11.5 Å². The number of rotatable bonds is 3. The Balaban J connectivity index is 1.62. The van der Waals surface area contributed by atoms with Crippen LogP contribution in [0.5, 0.6) is 0 Å². The van der Waals surface area contributed by atoms with Crippen LogP contribution in [0.3, 0.4) is 0 Å². The third-order valence-electron chi connectivity index (χ3n) is 4.42. The van der Waals surface area contributed by atoms with E-state index in [1.807, 2.05) is 0 Å². The summed E-state index contributed by atoms with van der Waals surface area (Å²) in [6.07, 6.45) is 4.19. The van der Waals surface area contributed by atoms with Crippen LogP contribution in [0, 0.1) is 0 Å². The first-order chi connectivity index (χ1) is 9.24. The molecule has 0 saturated carbocycles. The molecule has 1 unspecified atom stereocenters. The molecule has 2 fully saturated rings. The first-order valence-electron chi connectivity index (χ1n) is 7.51. The Labute approximate surface area is 120 Å². The van der Waals surface area contributed by atoms with Gasteiger partial charge in [0.1, 0.15) is 0 Å². The maximum absolute atomic E-state index is 4.29. The predicted octanol–water partition coefficient (Wildman–Crippen LogP) is 2.33. The summed E-state index contributed by atoms with van der Waals surface area (Å²) in [5, 5.41) is 4.29. The number of nitrogens with zero attached hydrogens (tertiary/aromatic N) is 4. The zero-order chi connectivity index (χ0) is 13.2. The number of fused-ring (bicyclic) bond motifs is 1. The zero-order valence-electron chi connectivity index (χ0n) is 12.0. The largest absolute Gasteiger partial charge is 0.298 e. The molecule has 0 aliphatic carbocycles. The van der Waals surface area contributed by atoms with Crippen molar-refractivity contribution in [2.45, 2.75) is 51.6 Å². The fraction of sp³-hybridized carbons (Fsp3) is 0.857. The zero-order valence-corrected chi connectivity index (χ0v) is 12.8. The van der Waals surface area contributed by atoms with E-state index in [-0.39, 0.29) is 0 Å². The molecule has 4 nitrogen and oxygen atoms in total. The van der Waals surface area contributed by atoms with Crippen molar-refractivity contribution in [2.24, 2.45) is 0 Å². The van der Waals surface area contributed by atoms with Crippen molar-refractivity contribution < 1.29 is 0 Å². The highest BCUT2D eigenvalue weighted by molar-refractivity contribution is 7.05. The van der Waals surface area contributed by atoms with Crippen LogP contribution in [0.1, 0.15) is 49.6 Å². The Kier molecular flexibility index (Phi) is 4.15. The second-order valence-corrected chi connectivity index (χ2v) is 7.00. The van der Waals surface area contributed by atoms with E-state index >= 15 is 0 Å². The van der Waals surface area contributed by atoms with Gasteiger partial charge in [0, 0.05) is 32.2 Å². The van der Waals surface area contributed by atoms with Crippen molar-refractivity contribution in [3.05, 3.63) is 10.6 Å². The average Bonchev–Trinajstić information content (AvgIpc) is 2.87. The standard InChI is InChI=1S/C14H24N4S/c1-11(2)14-13(19-16-15-14)10-17-7-8-18-6-4-3-5-12(18)9-17/h11-12H,3-10H2,1-2H3. The summed E-state index contributed by atoms with van der Waals surface area (Å²) in [6.45, 7) is 10.5. The normalized spacial score (nSPS) is 25.7. The van der Waals surface area contributed by atoms with Gasteiger partial charge in [0.2, 0.25) is 0 Å². The van der Waals surface area contributed by atoms with Crippen LogP contribution in [-0.2, 0) is 6.54 Å². The van der Waals surface area contributed by atoms with Crippen LogP contribution in [0.25, 0.3) is 0 Å². The molecule has 106 valence electrons. The van der Waals surface area contributed by atoms with Crippen LogP contribution >= 0.6 is 11.5 Å². The van der Waals surface area contributed by atoms with Gasteiger partial charge in [-0.3, -0.25) is 9.80 Å². The molecule has 19 heavy (non-hydrogen) atoms. The van der Waals surface area contributed by atoms with Crippen molar-refractivity contribution in [3.8, 4) is 0 Å². The highest BCUT2D eigenvalue weighted by Gasteiger charge is 2.29. The van der Waals surface area contributed by atoms with Crippen molar-refractivity contribution in [1.82, 2.24) is 19.4 Å². The van der Waals surface area contributed by atoms with Crippen LogP contribution in [0.4, 0.5) is 0 Å². The van der Waals surface area contributed by atoms with E-state index in [4.69, 9.17) is 0 Å². The summed E-state index contributed by atoms with van der Waals surface area (Å²) >= 11 is 1.58. The Morgan fingerprint density at radius 1 is 1.26 bits per heavy atom. The minimum atomic E-state index is 0.490. The molecule has 1 atom stereocenters. The molecule has 2 aliphatic heterocycles. The van der Waals surface area contributed by atoms with E-state index in [0.717, 1.165) is 12.6 Å². The lowest BCUT2D eigenvalue weighted by Crippen LogP contribution is -2.54. The summed E-state index contributed by atoms with van der Waals surface area (Å²) in [4.78, 5) is 6.67. The molecule has 1 aromatic rings. The van der Waals surface area contributed by atoms with Gasteiger partial charge >= 0.3 is 0 Å². The number of piperazine rings is 1. The average molecular weight is 280 g/mol. The molecule has 0 spiro atoms. The summed E-state index contributed by atoms with van der Waals surface area (Å²) in [7, 11) is 0. The molecule has 0 aromatic carbocycles. The molecular formula is C14H24N4S. The number of piperidine rings is 1. The number of hydrogen-bond acceptors (Lipinski definition) is 5. The van der Waals surface area contributed by atoms with Crippen molar-refractivity contribution in [1.29, 1.82) is 0 Å². The monoisotopic (exact) mass is 280 g/mol. The maximum atomic E-state index is 4.29. The van der Waals surface area contributed by atoms with Gasteiger partial charge in [0.25, 0.3) is 0 Å². The van der Waals surface area contributed by atoms with E-state index < -0.39 is 0 Å². The molecule has 0 N–H and O–H groups in total. The molecule has 2 saturated heterocycles. The molecule has 3 heterocycles. The topological polar surface area (TPSA) is 32.3 Å². The SMILES string of the molecule is CC(C)c1nnsc1CN1CCN2CCCCC2C1. The minimum Gasteiger partial charge on any atom is -0.298 e. The molecule has 0 radical (unpaired) electrons. The Morgan fingerprint density at radius 2 is 2.16 bits per heavy atom. The summed E-state index contributed by atoms with van der Waals surface area (Å²) in [6, 6.07) is 0.797. The number of aromatic nitrogens is 2. The lowest BCUT2D eigenvalue weighted by atomic mass is 9.99. The van der Waals surface area contributed by atoms with Crippen molar-refractivity contribution >= 4 is 11.5 Å². The second kappa shape index (κ2) is 5.85. The fourth-order valence-electron chi connectivity index (χ4n) is 3.33. The highest BCUT2D eigenvalue weighted by atomic mass is 32.1. The lowest BCUT2D eigenvalue weighted by Gasteiger charge is -2.44. The van der Waals surface area contributed by atoms with Crippen molar-refractivity contribution in [2.75, 3.05) is 26.2 Å². The van der Waals surface area contributed by atoms with Crippen LogP contribution in [0.15, 0.2) is 0 Å². The molecule has 0 bridgehead atoms. The molecule has 0 amide bonds. The lowest BCUT2D eigenvalue weighted by molar-refractivity contribution is 0.0460. The summed E-state index contributed by atoms with van der Waals surface area (Å²) in [5.74, 6) is 0.490. The Morgan fingerprint density at radius 3 is 3.00 bits per heavy atom. The van der Waals surface area contributed by atoms with Crippen molar-refractivity contribution in [3.63, 3.8) is 0 Å². The van der Waals surface area contributed by atoms with E-state index in [1.165, 1.54) is 56.0 Å². The predicted molar refractivity (Wildman–Crippen MR) is 78.5 cm³/mol. The third kappa shape index (κ3) is 2.98. The molecule has 2 aliphatic rings. The van der Waals surface area contributed by atoms with Gasteiger partial charge < -0.3 is 0 Å². The molecule has 1 aromatic heterocycles. The van der Waals surface area contributed by atoms with E-state index in [2.05, 4.69) is 33.2 Å². The summed E-state index contributed by atoms with van der Waals surface area (Å²) in [5.41, 5.74) is 1.20. The Hall–Kier alpha value is -0.520. The molecular weight excluding hydrogens is 256 g/mol. The Bertz CT molecular complexity index is 417. The maximum Gasteiger partial charge on any atom is 0.0826 e. The second-order valence-electron chi connectivity index (χ2n) is 6.16. The van der Waals surface area contributed by atoms with Gasteiger partial charge in [-0.15, -0.1) is 5.10 Å². The van der Waals surface area contributed by atoms with Gasteiger partial charge in [0.05, 0.1) is 10.6 Å². The first kappa shape index (κ1) is 13.5. The van der Waals surface area contributed by atoms with Crippen LogP contribution in [0.2, 0.25) is 0 Å². The van der Waals surface area contributed by atoms with Gasteiger partial charge in [-0.2, -0.15) is 0 Å². The van der Waals surface area contributed by atoms with Crippen LogP contribution < -0.4 is 0 Å². The fourth-order valence-corrected chi connectivity index (χ4v) is 4.17. The summed E-state index contributed by atoms with van der Waals surface area (Å²) < 4.78 is 4.14. The van der Waals surface area contributed by atoms with Crippen LogP contribution in [-0.4, -0.2) is 51.6 Å². The van der Waals surface area contributed by atoms with Gasteiger partial charge in [-0.05, 0) is 36.8 Å². The smallest absolute Gasteiger partial charge is 0.0826 e. The van der Waals surface area contributed by atoms with E-state index in [0.29, 0.717) is 5.92 Å². The quantitative estimate of drug-likeness (QED) is 0.850. The minimum absolute atomic E-state index is 0.490.